The molecule has 0 radical (unpaired) electrons. The SMILES string of the molecule is C#CCOc1c(I)cc(C=Nc2sc3c(c2C(=O)Nc2ccc(Cl)cc2)CC[C@H](C(C)(C)C)C3)cc1OC. The molecule has 1 aromatic heterocycles. The molecule has 0 aliphatic heterocycles. The van der Waals surface area contributed by atoms with Crippen LogP contribution in [0.5, 0.6) is 11.5 Å². The Morgan fingerprint density at radius 3 is 2.71 bits per heavy atom. The smallest absolute Gasteiger partial charge is 0.259 e. The van der Waals surface area contributed by atoms with E-state index < -0.39 is 0 Å². The number of amides is 1. The van der Waals surface area contributed by atoms with Crippen molar-refractivity contribution in [2.45, 2.75) is 40.0 Å². The molecule has 1 amide bonds. The quantitative estimate of drug-likeness (QED) is 0.158. The van der Waals surface area contributed by atoms with E-state index in [9.17, 15) is 4.79 Å². The number of hydrogen-bond donors (Lipinski definition) is 1. The van der Waals surface area contributed by atoms with Gasteiger partial charge in [-0.05, 0) is 101 Å². The highest BCUT2D eigenvalue weighted by Crippen LogP contribution is 2.45. The molecule has 0 saturated heterocycles. The summed E-state index contributed by atoms with van der Waals surface area (Å²) in [6.07, 6.45) is 9.98. The molecular weight excluding hydrogens is 631 g/mol. The number of ether oxygens (including phenoxy) is 2. The zero-order valence-corrected chi connectivity index (χ0v) is 25.6. The fourth-order valence-electron chi connectivity index (χ4n) is 4.56. The number of anilines is 1. The molecule has 0 bridgehead atoms. The molecule has 0 saturated carbocycles. The van der Waals surface area contributed by atoms with Crippen molar-refractivity contribution in [3.63, 3.8) is 0 Å². The monoisotopic (exact) mass is 660 g/mol. The van der Waals surface area contributed by atoms with Gasteiger partial charge in [-0.15, -0.1) is 17.8 Å². The molecule has 0 spiro atoms. The van der Waals surface area contributed by atoms with E-state index in [1.54, 1.807) is 48.9 Å². The van der Waals surface area contributed by atoms with Crippen molar-refractivity contribution in [1.82, 2.24) is 0 Å². The van der Waals surface area contributed by atoms with Crippen LogP contribution in [-0.2, 0) is 12.8 Å². The van der Waals surface area contributed by atoms with Gasteiger partial charge in [-0.1, -0.05) is 38.3 Å². The molecule has 1 heterocycles. The highest BCUT2D eigenvalue weighted by Gasteiger charge is 2.33. The topological polar surface area (TPSA) is 59.9 Å². The number of carbonyl (C=O) groups excluding carboxylic acids is 1. The van der Waals surface area contributed by atoms with Crippen LogP contribution >= 0.6 is 45.5 Å². The molecule has 198 valence electrons. The summed E-state index contributed by atoms with van der Waals surface area (Å²) < 4.78 is 12.1. The summed E-state index contributed by atoms with van der Waals surface area (Å²) in [7, 11) is 1.59. The standard InChI is InChI=1S/C30H30ClIN2O3S/c1-6-13-37-27-23(32)14-18(15-24(27)36-5)17-33-29-26(28(35)34-21-10-8-20(31)9-11-21)22-12-7-19(30(2,3)4)16-25(22)38-29/h1,8-11,14-15,17,19H,7,12-13,16H2,2-5H3,(H,34,35)/t19-/m0/s1. The fourth-order valence-corrected chi connectivity index (χ4v) is 6.74. The minimum atomic E-state index is -0.156. The predicted octanol–water partition coefficient (Wildman–Crippen LogP) is 8.18. The van der Waals surface area contributed by atoms with Gasteiger partial charge in [0, 0.05) is 21.8 Å². The van der Waals surface area contributed by atoms with Crippen molar-refractivity contribution in [3.8, 4) is 23.8 Å². The molecule has 3 aromatic rings. The molecule has 5 nitrogen and oxygen atoms in total. The van der Waals surface area contributed by atoms with Gasteiger partial charge in [-0.2, -0.15) is 0 Å². The zero-order valence-electron chi connectivity index (χ0n) is 21.9. The van der Waals surface area contributed by atoms with Crippen molar-refractivity contribution < 1.29 is 14.3 Å². The summed E-state index contributed by atoms with van der Waals surface area (Å²) in [5, 5.41) is 4.36. The molecule has 8 heteroatoms. The van der Waals surface area contributed by atoms with Gasteiger partial charge < -0.3 is 14.8 Å². The molecule has 0 unspecified atom stereocenters. The molecule has 0 fully saturated rings. The number of aliphatic imine (C=N–C) groups is 1. The van der Waals surface area contributed by atoms with Crippen LogP contribution in [0.3, 0.4) is 0 Å². The van der Waals surface area contributed by atoms with Gasteiger partial charge in [0.15, 0.2) is 11.5 Å². The Bertz CT molecular complexity index is 1400. The molecule has 1 aliphatic carbocycles. The van der Waals surface area contributed by atoms with E-state index in [0.29, 0.717) is 38.7 Å². The van der Waals surface area contributed by atoms with Gasteiger partial charge >= 0.3 is 0 Å². The minimum Gasteiger partial charge on any atom is -0.493 e. The lowest BCUT2D eigenvalue weighted by Crippen LogP contribution is -2.27. The Balaban J connectivity index is 1.70. The summed E-state index contributed by atoms with van der Waals surface area (Å²) in [5.41, 5.74) is 3.49. The number of thiophene rings is 1. The van der Waals surface area contributed by atoms with Crippen molar-refractivity contribution in [2.24, 2.45) is 16.3 Å². The average molecular weight is 661 g/mol. The Hall–Kier alpha value is -2.54. The fraction of sp³-hybridized carbons (Fsp3) is 0.333. The lowest BCUT2D eigenvalue weighted by Gasteiger charge is -2.33. The molecule has 1 aliphatic rings. The Kier molecular flexibility index (Phi) is 9.07. The Morgan fingerprint density at radius 1 is 1.32 bits per heavy atom. The summed E-state index contributed by atoms with van der Waals surface area (Å²) in [6, 6.07) is 10.9. The van der Waals surface area contributed by atoms with Crippen LogP contribution in [0, 0.1) is 27.2 Å². The maximum atomic E-state index is 13.6. The van der Waals surface area contributed by atoms with Crippen LogP contribution in [0.2, 0.25) is 5.02 Å². The van der Waals surface area contributed by atoms with E-state index in [4.69, 9.17) is 32.5 Å². The van der Waals surface area contributed by atoms with Gasteiger partial charge in [0.05, 0.1) is 16.2 Å². The largest absolute Gasteiger partial charge is 0.493 e. The van der Waals surface area contributed by atoms with Crippen LogP contribution in [0.4, 0.5) is 10.7 Å². The highest BCUT2D eigenvalue weighted by atomic mass is 127. The molecule has 2 aromatic carbocycles. The molecular formula is C30H30ClIN2O3S. The molecule has 1 atom stereocenters. The number of methoxy groups -OCH3 is 1. The van der Waals surface area contributed by atoms with Crippen molar-refractivity contribution >= 4 is 68.3 Å². The van der Waals surface area contributed by atoms with Gasteiger partial charge in [-0.25, -0.2) is 4.99 Å². The van der Waals surface area contributed by atoms with Crippen LogP contribution in [0.1, 0.15) is 53.6 Å². The number of nitrogens with one attached hydrogen (secondary N) is 1. The summed E-state index contributed by atoms with van der Waals surface area (Å²) in [6.45, 7) is 7.02. The second kappa shape index (κ2) is 12.1. The van der Waals surface area contributed by atoms with Gasteiger partial charge in [0.1, 0.15) is 11.6 Å². The average Bonchev–Trinajstić information content (AvgIpc) is 3.25. The van der Waals surface area contributed by atoms with E-state index in [2.05, 4.69) is 54.6 Å². The predicted molar refractivity (Wildman–Crippen MR) is 166 cm³/mol. The van der Waals surface area contributed by atoms with Crippen molar-refractivity contribution in [3.05, 3.63) is 66.6 Å². The van der Waals surface area contributed by atoms with Crippen molar-refractivity contribution in [1.29, 1.82) is 0 Å². The maximum absolute atomic E-state index is 13.6. The number of halogens is 2. The third-order valence-corrected chi connectivity index (χ3v) is 8.90. The first kappa shape index (κ1) is 28.5. The number of fused-ring (bicyclic) bond motifs is 1. The number of hydrogen-bond acceptors (Lipinski definition) is 5. The first-order valence-electron chi connectivity index (χ1n) is 12.3. The van der Waals surface area contributed by atoms with E-state index >= 15 is 0 Å². The number of benzene rings is 2. The van der Waals surface area contributed by atoms with Crippen LogP contribution < -0.4 is 14.8 Å². The summed E-state index contributed by atoms with van der Waals surface area (Å²) in [4.78, 5) is 19.7. The third-order valence-electron chi connectivity index (χ3n) is 6.68. The first-order valence-corrected chi connectivity index (χ1v) is 14.6. The second-order valence-electron chi connectivity index (χ2n) is 10.2. The summed E-state index contributed by atoms with van der Waals surface area (Å²) in [5.74, 6) is 4.06. The number of terminal acetylenes is 1. The van der Waals surface area contributed by atoms with Crippen molar-refractivity contribution in [2.75, 3.05) is 19.0 Å². The lowest BCUT2D eigenvalue weighted by atomic mass is 9.72. The van der Waals surface area contributed by atoms with E-state index in [0.717, 1.165) is 34.0 Å². The molecule has 38 heavy (non-hydrogen) atoms. The van der Waals surface area contributed by atoms with E-state index in [1.807, 2.05) is 12.1 Å². The Labute approximate surface area is 247 Å². The minimum absolute atomic E-state index is 0.155. The van der Waals surface area contributed by atoms with E-state index in [1.165, 1.54) is 4.88 Å². The maximum Gasteiger partial charge on any atom is 0.259 e. The zero-order chi connectivity index (χ0) is 27.4. The number of rotatable bonds is 7. The molecule has 1 N–H and O–H groups in total. The molecule has 4 rings (SSSR count). The van der Waals surface area contributed by atoms with Gasteiger partial charge in [-0.3, -0.25) is 4.79 Å². The van der Waals surface area contributed by atoms with Crippen LogP contribution in [-0.4, -0.2) is 25.8 Å². The van der Waals surface area contributed by atoms with Gasteiger partial charge in [0.25, 0.3) is 5.91 Å². The van der Waals surface area contributed by atoms with Gasteiger partial charge in [0.2, 0.25) is 0 Å². The highest BCUT2D eigenvalue weighted by molar-refractivity contribution is 14.1. The normalized spacial score (nSPS) is 15.1. The van der Waals surface area contributed by atoms with Crippen LogP contribution in [0.15, 0.2) is 41.4 Å². The Morgan fingerprint density at radius 2 is 2.05 bits per heavy atom. The van der Waals surface area contributed by atoms with E-state index in [-0.39, 0.29) is 17.9 Å². The summed E-state index contributed by atoms with van der Waals surface area (Å²) >= 11 is 9.83. The number of nitrogens with zero attached hydrogens (tertiary/aromatic N) is 1. The second-order valence-corrected chi connectivity index (χ2v) is 12.9. The number of carbonyl (C=O) groups is 1. The third kappa shape index (κ3) is 6.53. The van der Waals surface area contributed by atoms with Crippen LogP contribution in [0.25, 0.3) is 0 Å². The lowest BCUT2D eigenvalue weighted by molar-refractivity contribution is 0.102. The first-order chi connectivity index (χ1) is 18.1.